The Morgan fingerprint density at radius 2 is 2.07 bits per heavy atom. The number of halogens is 2. The third-order valence-corrected chi connectivity index (χ3v) is 5.79. The van der Waals surface area contributed by atoms with Crippen LogP contribution in [0.15, 0.2) is 29.1 Å². The van der Waals surface area contributed by atoms with Crippen molar-refractivity contribution in [3.05, 3.63) is 57.5 Å². The van der Waals surface area contributed by atoms with Crippen LogP contribution in [0.4, 0.5) is 8.78 Å². The van der Waals surface area contributed by atoms with E-state index >= 15 is 0 Å². The SMILES string of the molecule is COS(=O)N1C[C@@H](F)C[C@H]1c1nc(C(=O)NCc2ccc(F)cc2)c(O)c(=O)n1C. The zero-order valence-electron chi connectivity index (χ0n) is 16.2. The third kappa shape index (κ3) is 4.40. The lowest BCUT2D eigenvalue weighted by molar-refractivity contribution is 0.0941. The van der Waals surface area contributed by atoms with Crippen molar-refractivity contribution in [2.75, 3.05) is 13.7 Å². The van der Waals surface area contributed by atoms with Gasteiger partial charge in [0.25, 0.3) is 11.5 Å². The standard InChI is InChI=1S/C18H20F2N4O5S/c1-23-16(13-7-12(20)9-24(13)30(28)29-2)22-14(15(25)18(23)27)17(26)21-8-10-3-5-11(19)6-4-10/h3-6,12-13,25H,7-9H2,1-2H3,(H,21,26)/t12-,13-,30?/m0/s1. The van der Waals surface area contributed by atoms with Gasteiger partial charge in [-0.25, -0.2) is 18.0 Å². The van der Waals surface area contributed by atoms with Gasteiger partial charge in [-0.1, -0.05) is 12.1 Å². The average molecular weight is 442 g/mol. The van der Waals surface area contributed by atoms with Gasteiger partial charge in [0.2, 0.25) is 17.0 Å². The molecule has 1 saturated heterocycles. The summed E-state index contributed by atoms with van der Waals surface area (Å²) in [6.45, 7) is -0.200. The molecule has 1 aromatic heterocycles. The Balaban J connectivity index is 1.91. The van der Waals surface area contributed by atoms with Crippen molar-refractivity contribution in [1.29, 1.82) is 0 Å². The second-order valence-electron chi connectivity index (χ2n) is 6.67. The van der Waals surface area contributed by atoms with E-state index < -0.39 is 52.2 Å². The summed E-state index contributed by atoms with van der Waals surface area (Å²) in [6, 6.07) is 4.49. The number of amides is 1. The number of rotatable bonds is 6. The third-order valence-electron chi connectivity index (χ3n) is 4.72. The van der Waals surface area contributed by atoms with Gasteiger partial charge in [-0.3, -0.25) is 18.3 Å². The lowest BCUT2D eigenvalue weighted by Crippen LogP contribution is -2.35. The van der Waals surface area contributed by atoms with Crippen molar-refractivity contribution in [1.82, 2.24) is 19.2 Å². The maximum Gasteiger partial charge on any atom is 0.296 e. The van der Waals surface area contributed by atoms with Crippen LogP contribution in [-0.2, 0) is 29.0 Å². The van der Waals surface area contributed by atoms with Gasteiger partial charge in [0.05, 0.1) is 13.2 Å². The Kier molecular flexibility index (Phi) is 6.58. The first-order valence-electron chi connectivity index (χ1n) is 8.92. The first-order valence-corrected chi connectivity index (χ1v) is 9.95. The molecule has 0 radical (unpaired) electrons. The second kappa shape index (κ2) is 8.98. The van der Waals surface area contributed by atoms with Crippen molar-refractivity contribution >= 4 is 17.2 Å². The number of aromatic nitrogens is 2. The fourth-order valence-electron chi connectivity index (χ4n) is 3.18. The van der Waals surface area contributed by atoms with Crippen LogP contribution in [0.5, 0.6) is 5.75 Å². The summed E-state index contributed by atoms with van der Waals surface area (Å²) in [4.78, 5) is 29.1. The molecule has 0 saturated carbocycles. The predicted molar refractivity (Wildman–Crippen MR) is 103 cm³/mol. The second-order valence-corrected chi connectivity index (χ2v) is 7.91. The Labute approximate surface area is 173 Å². The highest BCUT2D eigenvalue weighted by atomic mass is 32.2. The fraction of sp³-hybridized carbons (Fsp3) is 0.389. The zero-order chi connectivity index (χ0) is 22.0. The highest BCUT2D eigenvalue weighted by molar-refractivity contribution is 7.77. The van der Waals surface area contributed by atoms with Crippen LogP contribution in [0, 0.1) is 5.82 Å². The molecule has 1 fully saturated rings. The molecule has 30 heavy (non-hydrogen) atoms. The van der Waals surface area contributed by atoms with Crippen LogP contribution in [0.2, 0.25) is 0 Å². The molecular weight excluding hydrogens is 422 g/mol. The summed E-state index contributed by atoms with van der Waals surface area (Å²) < 4.78 is 46.0. The topological polar surface area (TPSA) is 114 Å². The summed E-state index contributed by atoms with van der Waals surface area (Å²) in [6.07, 6.45) is -1.45. The Morgan fingerprint density at radius 1 is 1.40 bits per heavy atom. The van der Waals surface area contributed by atoms with Gasteiger partial charge in [-0.2, -0.15) is 4.31 Å². The molecule has 1 aromatic carbocycles. The number of aromatic hydroxyl groups is 1. The average Bonchev–Trinajstić information content (AvgIpc) is 3.12. The van der Waals surface area contributed by atoms with Crippen LogP contribution >= 0.6 is 0 Å². The first-order chi connectivity index (χ1) is 14.2. The number of benzene rings is 1. The zero-order valence-corrected chi connectivity index (χ0v) is 17.0. The van der Waals surface area contributed by atoms with Crippen molar-refractivity contribution in [2.45, 2.75) is 25.2 Å². The summed E-state index contributed by atoms with van der Waals surface area (Å²) >= 11 is -1.98. The van der Waals surface area contributed by atoms with Gasteiger partial charge in [0.15, 0.2) is 5.69 Å². The number of hydrogen-bond acceptors (Lipinski definition) is 6. The van der Waals surface area contributed by atoms with E-state index in [1.807, 2.05) is 0 Å². The Bertz CT molecular complexity index is 1030. The van der Waals surface area contributed by atoms with E-state index in [1.165, 1.54) is 42.7 Å². The van der Waals surface area contributed by atoms with Gasteiger partial charge < -0.3 is 10.4 Å². The van der Waals surface area contributed by atoms with E-state index in [-0.39, 0.29) is 25.3 Å². The molecule has 1 amide bonds. The molecule has 162 valence electrons. The molecule has 3 rings (SSSR count). The minimum atomic E-state index is -1.98. The molecule has 0 aliphatic carbocycles. The molecule has 3 atom stereocenters. The van der Waals surface area contributed by atoms with Gasteiger partial charge in [0, 0.05) is 26.6 Å². The van der Waals surface area contributed by atoms with Crippen molar-refractivity contribution < 1.29 is 27.1 Å². The molecule has 1 aliphatic rings. The molecule has 0 spiro atoms. The fourth-order valence-corrected chi connectivity index (χ4v) is 4.05. The van der Waals surface area contributed by atoms with E-state index in [2.05, 4.69) is 10.3 Å². The lowest BCUT2D eigenvalue weighted by Gasteiger charge is -2.23. The summed E-state index contributed by atoms with van der Waals surface area (Å²) in [5.74, 6) is -2.17. The molecule has 1 aliphatic heterocycles. The van der Waals surface area contributed by atoms with Crippen molar-refractivity contribution in [3.8, 4) is 5.75 Å². The van der Waals surface area contributed by atoms with Crippen molar-refractivity contribution in [3.63, 3.8) is 0 Å². The van der Waals surface area contributed by atoms with Gasteiger partial charge in [-0.15, -0.1) is 0 Å². The minimum absolute atomic E-state index is 0.000571. The molecule has 1 unspecified atom stereocenters. The largest absolute Gasteiger partial charge is 0.501 e. The van der Waals surface area contributed by atoms with E-state index in [4.69, 9.17) is 4.18 Å². The highest BCUT2D eigenvalue weighted by Crippen LogP contribution is 2.34. The van der Waals surface area contributed by atoms with E-state index in [1.54, 1.807) is 0 Å². The molecule has 9 nitrogen and oxygen atoms in total. The monoisotopic (exact) mass is 442 g/mol. The molecule has 12 heteroatoms. The molecule has 2 heterocycles. The van der Waals surface area contributed by atoms with E-state index in [9.17, 15) is 27.7 Å². The highest BCUT2D eigenvalue weighted by Gasteiger charge is 2.40. The molecule has 2 N–H and O–H groups in total. The van der Waals surface area contributed by atoms with Gasteiger partial charge in [0.1, 0.15) is 17.8 Å². The normalized spacial score (nSPS) is 20.3. The lowest BCUT2D eigenvalue weighted by atomic mass is 10.2. The van der Waals surface area contributed by atoms with Crippen molar-refractivity contribution in [2.24, 2.45) is 7.05 Å². The number of nitrogens with one attached hydrogen (secondary N) is 1. The Morgan fingerprint density at radius 3 is 2.70 bits per heavy atom. The maximum absolute atomic E-state index is 14.0. The van der Waals surface area contributed by atoms with Crippen LogP contribution < -0.4 is 10.9 Å². The number of alkyl halides is 1. The van der Waals surface area contributed by atoms with Crippen LogP contribution in [-0.4, -0.2) is 48.9 Å². The van der Waals surface area contributed by atoms with Crippen LogP contribution in [0.25, 0.3) is 0 Å². The molecule has 0 bridgehead atoms. The number of nitrogens with zero attached hydrogens (tertiary/aromatic N) is 3. The van der Waals surface area contributed by atoms with Crippen LogP contribution in [0.1, 0.15) is 34.3 Å². The Hall–Kier alpha value is -2.70. The predicted octanol–water partition coefficient (Wildman–Crippen LogP) is 0.865. The molecule has 2 aromatic rings. The number of carbonyl (C=O) groups excluding carboxylic acids is 1. The smallest absolute Gasteiger partial charge is 0.296 e. The first kappa shape index (κ1) is 22.0. The maximum atomic E-state index is 14.0. The van der Waals surface area contributed by atoms with E-state index in [0.29, 0.717) is 5.56 Å². The summed E-state index contributed by atoms with van der Waals surface area (Å²) in [5, 5.41) is 12.6. The number of carbonyl (C=O) groups is 1. The summed E-state index contributed by atoms with van der Waals surface area (Å²) in [5.41, 5.74) is -0.857. The number of hydrogen-bond donors (Lipinski definition) is 2. The quantitative estimate of drug-likeness (QED) is 0.686. The molecular formula is C18H20F2N4O5S. The van der Waals surface area contributed by atoms with Crippen LogP contribution in [0.3, 0.4) is 0 Å². The van der Waals surface area contributed by atoms with Gasteiger partial charge in [-0.05, 0) is 17.7 Å². The van der Waals surface area contributed by atoms with Gasteiger partial charge >= 0.3 is 0 Å². The summed E-state index contributed by atoms with van der Waals surface area (Å²) in [7, 11) is 2.50. The minimum Gasteiger partial charge on any atom is -0.501 e. The van der Waals surface area contributed by atoms with E-state index in [0.717, 1.165) is 4.57 Å².